The summed E-state index contributed by atoms with van der Waals surface area (Å²) in [6.07, 6.45) is 0. The number of hydrogen-bond donors (Lipinski definition) is 2. The number of imide groups is 1. The lowest BCUT2D eigenvalue weighted by Crippen LogP contribution is -2.44. The number of nitrogens with zero attached hydrogens (tertiary/aromatic N) is 1. The maximum Gasteiger partial charge on any atom is 0.339 e. The molecule has 0 saturated heterocycles. The van der Waals surface area contributed by atoms with Gasteiger partial charge in [-0.15, -0.1) is 0 Å². The van der Waals surface area contributed by atoms with Crippen molar-refractivity contribution < 1.29 is 19.1 Å². The highest BCUT2D eigenvalue weighted by Crippen LogP contribution is 2.25. The summed E-state index contributed by atoms with van der Waals surface area (Å²) in [5.74, 6) is -1.38. The molecule has 2 aromatic carbocycles. The highest BCUT2D eigenvalue weighted by atomic mass is 16.5. The summed E-state index contributed by atoms with van der Waals surface area (Å²) in [5, 5.41) is 5.27. The van der Waals surface area contributed by atoms with Crippen molar-refractivity contribution in [1.29, 1.82) is 0 Å². The third-order valence-electron chi connectivity index (χ3n) is 4.29. The molecular weight excluding hydrogens is 382 g/mol. The first-order valence-electron chi connectivity index (χ1n) is 9.58. The van der Waals surface area contributed by atoms with Gasteiger partial charge in [-0.1, -0.05) is 48.0 Å². The molecule has 3 aromatic rings. The van der Waals surface area contributed by atoms with E-state index in [1.165, 1.54) is 0 Å². The maximum absolute atomic E-state index is 12.7. The normalized spacial score (nSPS) is 10.7. The van der Waals surface area contributed by atoms with E-state index >= 15 is 0 Å². The van der Waals surface area contributed by atoms with Crippen molar-refractivity contribution in [3.63, 3.8) is 0 Å². The summed E-state index contributed by atoms with van der Waals surface area (Å²) in [5.41, 5.74) is 3.55. The van der Waals surface area contributed by atoms with Crippen LogP contribution in [0.5, 0.6) is 0 Å². The molecule has 0 saturated carbocycles. The maximum atomic E-state index is 12.7. The smallest absolute Gasteiger partial charge is 0.339 e. The van der Waals surface area contributed by atoms with E-state index in [1.807, 2.05) is 43.3 Å². The Kier molecular flexibility index (Phi) is 6.41. The summed E-state index contributed by atoms with van der Waals surface area (Å²) in [6, 6.07) is 15.9. The van der Waals surface area contributed by atoms with Crippen LogP contribution in [0, 0.1) is 6.92 Å². The molecule has 1 aromatic heterocycles. The average Bonchev–Trinajstić information content (AvgIpc) is 2.71. The van der Waals surface area contributed by atoms with Crippen molar-refractivity contribution in [1.82, 2.24) is 15.6 Å². The second-order valence-corrected chi connectivity index (χ2v) is 7.19. The molecule has 0 aliphatic heterocycles. The minimum absolute atomic E-state index is 0.122. The number of benzene rings is 2. The van der Waals surface area contributed by atoms with E-state index in [1.54, 1.807) is 32.0 Å². The van der Waals surface area contributed by atoms with Crippen molar-refractivity contribution >= 4 is 28.8 Å². The molecule has 0 fully saturated rings. The molecule has 0 atom stereocenters. The Bertz CT molecular complexity index is 1090. The lowest BCUT2D eigenvalue weighted by atomic mass is 10.0. The van der Waals surface area contributed by atoms with Crippen molar-refractivity contribution in [2.24, 2.45) is 0 Å². The summed E-state index contributed by atoms with van der Waals surface area (Å²) < 4.78 is 5.16. The number of aryl methyl sites for hydroxylation is 1. The molecule has 154 valence electrons. The second kappa shape index (κ2) is 9.17. The van der Waals surface area contributed by atoms with Crippen LogP contribution in [-0.4, -0.2) is 35.5 Å². The zero-order valence-electron chi connectivity index (χ0n) is 17.1. The largest absolute Gasteiger partial charge is 0.452 e. The number of carbonyl (C=O) groups excluding carboxylic acids is 3. The zero-order chi connectivity index (χ0) is 21.7. The van der Waals surface area contributed by atoms with Gasteiger partial charge in [0.1, 0.15) is 0 Å². The van der Waals surface area contributed by atoms with Crippen molar-refractivity contribution in [3.8, 4) is 11.3 Å². The number of carbonyl (C=O) groups is 3. The fourth-order valence-electron chi connectivity index (χ4n) is 2.89. The summed E-state index contributed by atoms with van der Waals surface area (Å²) >= 11 is 0. The Morgan fingerprint density at radius 1 is 1.03 bits per heavy atom. The van der Waals surface area contributed by atoms with E-state index in [9.17, 15) is 14.4 Å². The highest BCUT2D eigenvalue weighted by Gasteiger charge is 2.17. The van der Waals surface area contributed by atoms with Gasteiger partial charge in [0, 0.05) is 17.0 Å². The molecule has 30 heavy (non-hydrogen) atoms. The van der Waals surface area contributed by atoms with Crippen LogP contribution in [0.1, 0.15) is 29.8 Å². The second-order valence-electron chi connectivity index (χ2n) is 7.19. The lowest BCUT2D eigenvalue weighted by molar-refractivity contribution is -0.123. The molecule has 0 unspecified atom stereocenters. The van der Waals surface area contributed by atoms with E-state index in [0.29, 0.717) is 22.2 Å². The van der Waals surface area contributed by atoms with Gasteiger partial charge in [-0.25, -0.2) is 14.6 Å². The van der Waals surface area contributed by atoms with Crippen LogP contribution in [0.4, 0.5) is 4.79 Å². The van der Waals surface area contributed by atoms with Crippen LogP contribution in [-0.2, 0) is 9.53 Å². The molecule has 3 rings (SSSR count). The average molecular weight is 405 g/mol. The SMILES string of the molecule is Cc1ccc(-c2cc(C(=O)OCC(=O)NC(=O)NC(C)C)c3ccccc3n2)cc1. The molecule has 0 aliphatic carbocycles. The molecule has 2 N–H and O–H groups in total. The van der Waals surface area contributed by atoms with Crippen molar-refractivity contribution in [3.05, 3.63) is 65.7 Å². The third kappa shape index (κ3) is 5.20. The van der Waals surface area contributed by atoms with Crippen LogP contribution in [0.2, 0.25) is 0 Å². The summed E-state index contributed by atoms with van der Waals surface area (Å²) in [7, 11) is 0. The molecule has 7 heteroatoms. The summed E-state index contributed by atoms with van der Waals surface area (Å²) in [4.78, 5) is 40.9. The standard InChI is InChI=1S/C23H23N3O4/c1-14(2)24-23(29)26-21(27)13-30-22(28)18-12-20(16-10-8-15(3)9-11-16)25-19-7-5-4-6-17(18)19/h4-12,14H,13H2,1-3H3,(H2,24,26,27,29). The minimum Gasteiger partial charge on any atom is -0.452 e. The van der Waals surface area contributed by atoms with Gasteiger partial charge >= 0.3 is 12.0 Å². The number of rotatable bonds is 5. The first-order chi connectivity index (χ1) is 14.3. The fourth-order valence-corrected chi connectivity index (χ4v) is 2.89. The quantitative estimate of drug-likeness (QED) is 0.632. The molecule has 3 amide bonds. The van der Waals surface area contributed by atoms with E-state index in [0.717, 1.165) is 11.1 Å². The predicted molar refractivity (Wildman–Crippen MR) is 114 cm³/mol. The lowest BCUT2D eigenvalue weighted by Gasteiger charge is -2.11. The van der Waals surface area contributed by atoms with Gasteiger partial charge < -0.3 is 10.1 Å². The van der Waals surface area contributed by atoms with Gasteiger partial charge in [-0.3, -0.25) is 10.1 Å². The Hall–Kier alpha value is -3.74. The van der Waals surface area contributed by atoms with Gasteiger partial charge in [0.05, 0.1) is 16.8 Å². The van der Waals surface area contributed by atoms with Crippen LogP contribution in [0.25, 0.3) is 22.2 Å². The Labute approximate surface area is 174 Å². The zero-order valence-corrected chi connectivity index (χ0v) is 17.1. The minimum atomic E-state index is -0.710. The monoisotopic (exact) mass is 405 g/mol. The topological polar surface area (TPSA) is 97.4 Å². The van der Waals surface area contributed by atoms with E-state index in [2.05, 4.69) is 15.6 Å². The summed E-state index contributed by atoms with van der Waals surface area (Å²) in [6.45, 7) is 4.96. The van der Waals surface area contributed by atoms with Gasteiger partial charge in [0.25, 0.3) is 5.91 Å². The Balaban J connectivity index is 1.82. The first kappa shape index (κ1) is 21.0. The predicted octanol–water partition coefficient (Wildman–Crippen LogP) is 3.60. The van der Waals surface area contributed by atoms with Crippen LogP contribution in [0.3, 0.4) is 0 Å². The van der Waals surface area contributed by atoms with Gasteiger partial charge in [0.15, 0.2) is 6.61 Å². The number of pyridine rings is 1. The highest BCUT2D eigenvalue weighted by molar-refractivity contribution is 6.05. The number of ether oxygens (including phenoxy) is 1. The van der Waals surface area contributed by atoms with Crippen molar-refractivity contribution in [2.75, 3.05) is 6.61 Å². The van der Waals surface area contributed by atoms with Crippen molar-refractivity contribution in [2.45, 2.75) is 26.8 Å². The number of esters is 1. The number of urea groups is 1. The molecule has 7 nitrogen and oxygen atoms in total. The van der Waals surface area contributed by atoms with E-state index in [-0.39, 0.29) is 6.04 Å². The number of hydrogen-bond acceptors (Lipinski definition) is 5. The molecule has 0 aliphatic rings. The third-order valence-corrected chi connectivity index (χ3v) is 4.29. The van der Waals surface area contributed by atoms with Crippen LogP contribution < -0.4 is 10.6 Å². The van der Waals surface area contributed by atoms with Gasteiger partial charge in [-0.05, 0) is 32.9 Å². The van der Waals surface area contributed by atoms with Gasteiger partial charge in [-0.2, -0.15) is 0 Å². The van der Waals surface area contributed by atoms with E-state index < -0.39 is 24.5 Å². The fraction of sp³-hybridized carbons (Fsp3) is 0.217. The molecular formula is C23H23N3O4. The molecule has 1 heterocycles. The van der Waals surface area contributed by atoms with Crippen LogP contribution >= 0.6 is 0 Å². The number of aromatic nitrogens is 1. The molecule has 0 spiro atoms. The van der Waals surface area contributed by atoms with Gasteiger partial charge in [0.2, 0.25) is 0 Å². The first-order valence-corrected chi connectivity index (χ1v) is 9.58. The number of amides is 3. The Morgan fingerprint density at radius 2 is 1.73 bits per heavy atom. The Morgan fingerprint density at radius 3 is 2.43 bits per heavy atom. The number of para-hydroxylation sites is 1. The number of nitrogens with one attached hydrogen (secondary N) is 2. The molecule has 0 bridgehead atoms. The van der Waals surface area contributed by atoms with E-state index in [4.69, 9.17) is 4.74 Å². The van der Waals surface area contributed by atoms with Crippen LogP contribution in [0.15, 0.2) is 54.6 Å². The molecule has 0 radical (unpaired) electrons. The number of fused-ring (bicyclic) bond motifs is 1.